The lowest BCUT2D eigenvalue weighted by molar-refractivity contribution is 0.897. The zero-order valence-electron chi connectivity index (χ0n) is 9.94. The van der Waals surface area contributed by atoms with Crippen LogP contribution in [0.5, 0.6) is 0 Å². The van der Waals surface area contributed by atoms with E-state index in [1.807, 2.05) is 18.3 Å². The van der Waals surface area contributed by atoms with Crippen LogP contribution in [0.1, 0.15) is 18.5 Å². The van der Waals surface area contributed by atoms with E-state index >= 15 is 0 Å². The van der Waals surface area contributed by atoms with E-state index in [2.05, 4.69) is 39.3 Å². The van der Waals surface area contributed by atoms with Gasteiger partial charge in [-0.1, -0.05) is 18.2 Å². The molecular weight excluding hydrogens is 224 g/mol. The molecule has 0 spiro atoms. The van der Waals surface area contributed by atoms with Gasteiger partial charge in [-0.05, 0) is 13.0 Å². The van der Waals surface area contributed by atoms with E-state index in [1.165, 1.54) is 5.56 Å². The third-order valence-electron chi connectivity index (χ3n) is 3.52. The summed E-state index contributed by atoms with van der Waals surface area (Å²) in [5.41, 5.74) is 5.39. The van der Waals surface area contributed by atoms with E-state index in [4.69, 9.17) is 0 Å². The van der Waals surface area contributed by atoms with Crippen LogP contribution in [0.15, 0.2) is 36.8 Å². The van der Waals surface area contributed by atoms with Crippen molar-refractivity contribution in [1.82, 2.24) is 15.0 Å². The lowest BCUT2D eigenvalue weighted by Crippen LogP contribution is -2.04. The second-order valence-corrected chi connectivity index (χ2v) is 4.60. The van der Waals surface area contributed by atoms with Gasteiger partial charge in [0.1, 0.15) is 12.0 Å². The minimum Gasteiger partial charge on any atom is -0.378 e. The SMILES string of the molecule is CC1Nc2ccccc2-c2ncnc3[nH]cc1c23. The molecule has 0 bridgehead atoms. The molecule has 88 valence electrons. The molecule has 4 rings (SSSR count). The number of fused-ring (bicyclic) bond motifs is 2. The minimum atomic E-state index is 0.243. The highest BCUT2D eigenvalue weighted by molar-refractivity contribution is 5.98. The number of nitrogens with one attached hydrogen (secondary N) is 2. The van der Waals surface area contributed by atoms with Crippen LogP contribution < -0.4 is 5.32 Å². The van der Waals surface area contributed by atoms with Crippen LogP contribution in [-0.2, 0) is 0 Å². The first kappa shape index (κ1) is 9.65. The molecule has 1 aliphatic heterocycles. The normalized spacial score (nSPS) is 17.1. The maximum absolute atomic E-state index is 4.47. The zero-order chi connectivity index (χ0) is 12.1. The molecule has 2 aromatic heterocycles. The summed E-state index contributed by atoms with van der Waals surface area (Å²) in [5, 5.41) is 4.65. The lowest BCUT2D eigenvalue weighted by Gasteiger charge is -2.13. The van der Waals surface area contributed by atoms with Crippen LogP contribution in [0, 0.1) is 0 Å². The standard InChI is InChI=1S/C14H12N4/c1-8-10-6-15-14-12(10)13(16-7-17-14)9-4-2-3-5-11(9)18-8/h2-8,18H,1H3,(H,15,16,17). The van der Waals surface area contributed by atoms with Crippen LogP contribution in [0.3, 0.4) is 0 Å². The Hall–Kier alpha value is -2.36. The third kappa shape index (κ3) is 1.14. The van der Waals surface area contributed by atoms with E-state index in [1.54, 1.807) is 6.33 Å². The number of anilines is 1. The Morgan fingerprint density at radius 2 is 2.06 bits per heavy atom. The Kier molecular flexibility index (Phi) is 1.78. The molecule has 0 saturated heterocycles. The predicted molar refractivity (Wildman–Crippen MR) is 71.4 cm³/mol. The molecule has 4 heteroatoms. The third-order valence-corrected chi connectivity index (χ3v) is 3.52. The van der Waals surface area contributed by atoms with Crippen molar-refractivity contribution in [2.45, 2.75) is 13.0 Å². The molecule has 0 saturated carbocycles. The summed E-state index contributed by atoms with van der Waals surface area (Å²) < 4.78 is 0. The number of para-hydroxylation sites is 1. The van der Waals surface area contributed by atoms with Gasteiger partial charge in [0.2, 0.25) is 0 Å². The van der Waals surface area contributed by atoms with Gasteiger partial charge < -0.3 is 10.3 Å². The average molecular weight is 236 g/mol. The van der Waals surface area contributed by atoms with Crippen LogP contribution in [0.2, 0.25) is 0 Å². The Labute approximate surface area is 104 Å². The number of hydrogen-bond acceptors (Lipinski definition) is 3. The van der Waals surface area contributed by atoms with Gasteiger partial charge in [0.25, 0.3) is 0 Å². The molecule has 0 radical (unpaired) electrons. The van der Waals surface area contributed by atoms with Gasteiger partial charge in [-0.3, -0.25) is 0 Å². The molecule has 0 amide bonds. The van der Waals surface area contributed by atoms with Gasteiger partial charge in [0, 0.05) is 23.0 Å². The molecular formula is C14H12N4. The molecule has 1 atom stereocenters. The fourth-order valence-electron chi connectivity index (χ4n) is 2.66. The highest BCUT2D eigenvalue weighted by Gasteiger charge is 2.22. The van der Waals surface area contributed by atoms with Crippen molar-refractivity contribution in [2.24, 2.45) is 0 Å². The summed E-state index contributed by atoms with van der Waals surface area (Å²) in [6.45, 7) is 2.15. The molecule has 2 N–H and O–H groups in total. The molecule has 1 aliphatic rings. The lowest BCUT2D eigenvalue weighted by atomic mass is 10.1. The molecule has 0 aliphatic carbocycles. The van der Waals surface area contributed by atoms with Gasteiger partial charge in [-0.25, -0.2) is 9.97 Å². The second kappa shape index (κ2) is 3.32. The number of aromatic amines is 1. The maximum Gasteiger partial charge on any atom is 0.141 e. The van der Waals surface area contributed by atoms with Gasteiger partial charge >= 0.3 is 0 Å². The molecule has 1 unspecified atom stereocenters. The van der Waals surface area contributed by atoms with E-state index < -0.39 is 0 Å². The first-order chi connectivity index (χ1) is 8.84. The molecule has 18 heavy (non-hydrogen) atoms. The second-order valence-electron chi connectivity index (χ2n) is 4.60. The smallest absolute Gasteiger partial charge is 0.141 e. The van der Waals surface area contributed by atoms with Crippen molar-refractivity contribution in [3.05, 3.63) is 42.4 Å². The highest BCUT2D eigenvalue weighted by atomic mass is 15.0. The first-order valence-corrected chi connectivity index (χ1v) is 6.02. The van der Waals surface area contributed by atoms with Crippen molar-refractivity contribution >= 4 is 16.7 Å². The Balaban J connectivity index is 2.19. The Morgan fingerprint density at radius 1 is 1.17 bits per heavy atom. The topological polar surface area (TPSA) is 53.6 Å². The number of nitrogens with zero attached hydrogens (tertiary/aromatic N) is 2. The number of aromatic nitrogens is 3. The van der Waals surface area contributed by atoms with Crippen molar-refractivity contribution in [1.29, 1.82) is 0 Å². The van der Waals surface area contributed by atoms with E-state index in [9.17, 15) is 0 Å². The van der Waals surface area contributed by atoms with Crippen LogP contribution in [-0.4, -0.2) is 15.0 Å². The predicted octanol–water partition coefficient (Wildman–Crippen LogP) is 3.11. The molecule has 0 fully saturated rings. The number of benzene rings is 1. The average Bonchev–Trinajstić information content (AvgIpc) is 2.78. The monoisotopic (exact) mass is 236 g/mol. The maximum atomic E-state index is 4.47. The van der Waals surface area contributed by atoms with E-state index in [0.717, 1.165) is 28.0 Å². The molecule has 1 aromatic carbocycles. The minimum absolute atomic E-state index is 0.243. The van der Waals surface area contributed by atoms with Crippen LogP contribution >= 0.6 is 0 Å². The fourth-order valence-corrected chi connectivity index (χ4v) is 2.66. The largest absolute Gasteiger partial charge is 0.378 e. The van der Waals surface area contributed by atoms with Crippen molar-refractivity contribution in [3.63, 3.8) is 0 Å². The molecule has 3 aromatic rings. The Morgan fingerprint density at radius 3 is 3.00 bits per heavy atom. The van der Waals surface area contributed by atoms with Crippen molar-refractivity contribution in [3.8, 4) is 11.3 Å². The number of rotatable bonds is 0. The molecule has 4 nitrogen and oxygen atoms in total. The summed E-state index contributed by atoms with van der Waals surface area (Å²) >= 11 is 0. The van der Waals surface area contributed by atoms with Gasteiger partial charge in [0.15, 0.2) is 0 Å². The van der Waals surface area contributed by atoms with E-state index in [0.29, 0.717) is 0 Å². The summed E-state index contributed by atoms with van der Waals surface area (Å²) in [5.74, 6) is 0. The highest BCUT2D eigenvalue weighted by Crippen LogP contribution is 2.39. The van der Waals surface area contributed by atoms with E-state index in [-0.39, 0.29) is 6.04 Å². The molecule has 3 heterocycles. The summed E-state index contributed by atoms with van der Waals surface area (Å²) in [6, 6.07) is 8.51. The Bertz CT molecular complexity index is 744. The van der Waals surface area contributed by atoms with Gasteiger partial charge in [-0.15, -0.1) is 0 Å². The fraction of sp³-hybridized carbons (Fsp3) is 0.143. The van der Waals surface area contributed by atoms with Gasteiger partial charge in [0.05, 0.1) is 17.1 Å². The van der Waals surface area contributed by atoms with Crippen LogP contribution in [0.25, 0.3) is 22.3 Å². The van der Waals surface area contributed by atoms with Gasteiger partial charge in [-0.2, -0.15) is 0 Å². The first-order valence-electron chi connectivity index (χ1n) is 6.02. The van der Waals surface area contributed by atoms with Crippen molar-refractivity contribution in [2.75, 3.05) is 5.32 Å². The van der Waals surface area contributed by atoms with Crippen LogP contribution in [0.4, 0.5) is 5.69 Å². The summed E-state index contributed by atoms with van der Waals surface area (Å²) in [6.07, 6.45) is 3.64. The summed E-state index contributed by atoms with van der Waals surface area (Å²) in [4.78, 5) is 12.0. The number of H-pyrrole nitrogens is 1. The zero-order valence-corrected chi connectivity index (χ0v) is 9.94. The summed E-state index contributed by atoms with van der Waals surface area (Å²) in [7, 11) is 0. The van der Waals surface area contributed by atoms with Crippen molar-refractivity contribution < 1.29 is 0 Å². The quantitative estimate of drug-likeness (QED) is 0.630. The number of hydrogen-bond donors (Lipinski definition) is 2.